The second-order valence-corrected chi connectivity index (χ2v) is 9.40. The predicted molar refractivity (Wildman–Crippen MR) is 136 cm³/mol. The predicted octanol–water partition coefficient (Wildman–Crippen LogP) is 3.65. The third kappa shape index (κ3) is 5.20. The highest BCUT2D eigenvalue weighted by atomic mass is 32.2. The van der Waals surface area contributed by atoms with Crippen molar-refractivity contribution in [2.45, 2.75) is 16.5 Å². The third-order valence-corrected chi connectivity index (χ3v) is 7.35. The Bertz CT molecular complexity index is 1310. The monoisotopic (exact) mass is 515 g/mol. The number of rotatable bonds is 9. The summed E-state index contributed by atoms with van der Waals surface area (Å²) in [6, 6.07) is 10.4. The molecule has 4 rings (SSSR count). The summed E-state index contributed by atoms with van der Waals surface area (Å²) in [5, 5.41) is 3.27. The first kappa shape index (κ1) is 24.8. The van der Waals surface area contributed by atoms with Crippen molar-refractivity contribution in [2.24, 2.45) is 0 Å². The molecule has 1 N–H and O–H groups in total. The van der Waals surface area contributed by atoms with Gasteiger partial charge in [0.1, 0.15) is 11.5 Å². The van der Waals surface area contributed by atoms with E-state index in [1.165, 1.54) is 42.3 Å². The van der Waals surface area contributed by atoms with E-state index in [2.05, 4.69) is 5.32 Å². The van der Waals surface area contributed by atoms with E-state index >= 15 is 0 Å². The van der Waals surface area contributed by atoms with Crippen molar-refractivity contribution in [2.75, 3.05) is 45.3 Å². The van der Waals surface area contributed by atoms with Crippen LogP contribution in [0, 0.1) is 0 Å². The standard InChI is InChI=1S/C24H25N3O6S2/c1-30-15-6-8-18(31-2)17(12-15)25-21(28)13-35-24-26-16-9-10-34-22(16)23(29)27(24)14-5-7-19(32-3)20(11-14)33-4/h5-8,11-12H,9-10,13H2,1-4H3,(H,25,28). The Morgan fingerprint density at radius 3 is 2.49 bits per heavy atom. The molecule has 0 aliphatic carbocycles. The number of aryl methyl sites for hydroxylation is 1. The molecule has 1 aromatic heterocycles. The molecule has 0 saturated carbocycles. The smallest absolute Gasteiger partial charge is 0.272 e. The first-order valence-electron chi connectivity index (χ1n) is 10.6. The van der Waals surface area contributed by atoms with E-state index in [9.17, 15) is 9.59 Å². The highest BCUT2D eigenvalue weighted by Gasteiger charge is 2.24. The molecule has 1 aliphatic rings. The zero-order chi connectivity index (χ0) is 24.9. The number of hydrogen-bond donors (Lipinski definition) is 1. The molecular formula is C24H25N3O6S2. The van der Waals surface area contributed by atoms with E-state index in [1.807, 2.05) is 0 Å². The molecule has 35 heavy (non-hydrogen) atoms. The summed E-state index contributed by atoms with van der Waals surface area (Å²) in [4.78, 5) is 31.6. The summed E-state index contributed by atoms with van der Waals surface area (Å²) in [5.74, 6) is 2.70. The summed E-state index contributed by atoms with van der Waals surface area (Å²) >= 11 is 2.68. The van der Waals surface area contributed by atoms with Gasteiger partial charge in [-0.1, -0.05) is 11.8 Å². The Morgan fingerprint density at radius 2 is 1.77 bits per heavy atom. The maximum atomic E-state index is 13.4. The lowest BCUT2D eigenvalue weighted by Gasteiger charge is -2.16. The maximum Gasteiger partial charge on any atom is 0.272 e. The SMILES string of the molecule is COc1ccc(OC)c(NC(=O)CSc2nc3c(c(=O)n2-c2ccc(OC)c(OC)c2)SCC3)c1. The number of methoxy groups -OCH3 is 4. The van der Waals surface area contributed by atoms with Gasteiger partial charge in [-0.3, -0.25) is 14.2 Å². The molecule has 0 saturated heterocycles. The summed E-state index contributed by atoms with van der Waals surface area (Å²) in [6.45, 7) is 0. The van der Waals surface area contributed by atoms with Gasteiger partial charge in [0, 0.05) is 24.3 Å². The van der Waals surface area contributed by atoms with Gasteiger partial charge < -0.3 is 24.3 Å². The lowest BCUT2D eigenvalue weighted by atomic mass is 10.2. The number of carbonyl (C=O) groups is 1. The van der Waals surface area contributed by atoms with E-state index < -0.39 is 0 Å². The molecule has 0 unspecified atom stereocenters. The summed E-state index contributed by atoms with van der Waals surface area (Å²) in [5.41, 5.74) is 1.66. The van der Waals surface area contributed by atoms with Gasteiger partial charge in [0.05, 0.1) is 56.2 Å². The molecule has 9 nitrogen and oxygen atoms in total. The van der Waals surface area contributed by atoms with Gasteiger partial charge >= 0.3 is 0 Å². The van der Waals surface area contributed by atoms with E-state index in [0.29, 0.717) is 50.8 Å². The molecule has 2 heterocycles. The Kier molecular flexibility index (Phi) is 7.76. The van der Waals surface area contributed by atoms with E-state index in [4.69, 9.17) is 23.9 Å². The maximum absolute atomic E-state index is 13.4. The zero-order valence-electron chi connectivity index (χ0n) is 19.7. The molecule has 1 aliphatic heterocycles. The number of carbonyl (C=O) groups excluding carboxylic acids is 1. The summed E-state index contributed by atoms with van der Waals surface area (Å²) in [7, 11) is 6.16. The molecule has 11 heteroatoms. The fraction of sp³-hybridized carbons (Fsp3) is 0.292. The van der Waals surface area contributed by atoms with Gasteiger partial charge in [0.15, 0.2) is 16.7 Å². The van der Waals surface area contributed by atoms with E-state index in [-0.39, 0.29) is 17.2 Å². The van der Waals surface area contributed by atoms with Crippen molar-refractivity contribution >= 4 is 35.1 Å². The van der Waals surface area contributed by atoms with Gasteiger partial charge in [0.2, 0.25) is 5.91 Å². The number of thioether (sulfide) groups is 2. The number of benzene rings is 2. The molecule has 184 valence electrons. The number of anilines is 1. The van der Waals surface area contributed by atoms with Crippen LogP contribution in [-0.2, 0) is 11.2 Å². The van der Waals surface area contributed by atoms with Crippen molar-refractivity contribution in [1.29, 1.82) is 0 Å². The second kappa shape index (κ2) is 11.0. The number of amides is 1. The second-order valence-electron chi connectivity index (χ2n) is 7.35. The molecule has 0 radical (unpaired) electrons. The van der Waals surface area contributed by atoms with Crippen LogP contribution in [0.5, 0.6) is 23.0 Å². The summed E-state index contributed by atoms with van der Waals surface area (Å²) < 4.78 is 22.8. The van der Waals surface area contributed by atoms with Gasteiger partial charge in [-0.15, -0.1) is 11.8 Å². The number of nitrogens with zero attached hydrogens (tertiary/aromatic N) is 2. The first-order chi connectivity index (χ1) is 17.0. The molecular weight excluding hydrogens is 490 g/mol. The Hall–Kier alpha value is -3.31. The van der Waals surface area contributed by atoms with E-state index in [1.54, 1.807) is 50.6 Å². The molecule has 2 aromatic carbocycles. The number of hydrogen-bond acceptors (Lipinski definition) is 9. The van der Waals surface area contributed by atoms with Crippen LogP contribution >= 0.6 is 23.5 Å². The minimum atomic E-state index is -0.274. The fourth-order valence-electron chi connectivity index (χ4n) is 3.61. The highest BCUT2D eigenvalue weighted by Crippen LogP contribution is 2.34. The number of fused-ring (bicyclic) bond motifs is 1. The lowest BCUT2D eigenvalue weighted by Crippen LogP contribution is -2.24. The van der Waals surface area contributed by atoms with Crippen molar-refractivity contribution in [3.63, 3.8) is 0 Å². The van der Waals surface area contributed by atoms with Crippen LogP contribution in [0.15, 0.2) is 51.2 Å². The van der Waals surface area contributed by atoms with Crippen molar-refractivity contribution < 1.29 is 23.7 Å². The van der Waals surface area contributed by atoms with Gasteiger partial charge in [-0.2, -0.15) is 0 Å². The molecule has 3 aromatic rings. The lowest BCUT2D eigenvalue weighted by molar-refractivity contribution is -0.113. The van der Waals surface area contributed by atoms with E-state index in [0.717, 1.165) is 11.4 Å². The average molecular weight is 516 g/mol. The zero-order valence-corrected chi connectivity index (χ0v) is 21.4. The topological polar surface area (TPSA) is 101 Å². The highest BCUT2D eigenvalue weighted by molar-refractivity contribution is 8.00. The fourth-order valence-corrected chi connectivity index (χ4v) is 5.46. The van der Waals surface area contributed by atoms with Crippen LogP contribution in [0.4, 0.5) is 5.69 Å². The number of aromatic nitrogens is 2. The van der Waals surface area contributed by atoms with Crippen molar-refractivity contribution in [3.05, 3.63) is 52.4 Å². The van der Waals surface area contributed by atoms with Gasteiger partial charge in [0.25, 0.3) is 5.56 Å². The Balaban J connectivity index is 1.64. The molecule has 0 spiro atoms. The third-order valence-electron chi connectivity index (χ3n) is 5.31. The van der Waals surface area contributed by atoms with Crippen LogP contribution in [0.2, 0.25) is 0 Å². The van der Waals surface area contributed by atoms with Crippen LogP contribution < -0.4 is 29.8 Å². The van der Waals surface area contributed by atoms with Crippen LogP contribution in [0.25, 0.3) is 5.69 Å². The molecule has 1 amide bonds. The average Bonchev–Trinajstić information content (AvgIpc) is 3.36. The Morgan fingerprint density at radius 1 is 1.03 bits per heavy atom. The largest absolute Gasteiger partial charge is 0.497 e. The summed E-state index contributed by atoms with van der Waals surface area (Å²) in [6.07, 6.45) is 0.711. The molecule has 0 fully saturated rings. The Labute approximate surface area is 211 Å². The van der Waals surface area contributed by atoms with Crippen molar-refractivity contribution in [1.82, 2.24) is 9.55 Å². The van der Waals surface area contributed by atoms with Crippen molar-refractivity contribution in [3.8, 4) is 28.7 Å². The first-order valence-corrected chi connectivity index (χ1v) is 12.6. The van der Waals surface area contributed by atoms with Gasteiger partial charge in [-0.25, -0.2) is 4.98 Å². The van der Waals surface area contributed by atoms with Crippen LogP contribution in [0.1, 0.15) is 5.69 Å². The van der Waals surface area contributed by atoms with Crippen LogP contribution in [0.3, 0.4) is 0 Å². The quantitative estimate of drug-likeness (QED) is 0.338. The van der Waals surface area contributed by atoms with Gasteiger partial charge in [-0.05, 0) is 24.3 Å². The number of ether oxygens (including phenoxy) is 4. The minimum absolute atomic E-state index is 0.0338. The number of nitrogens with one attached hydrogen (secondary N) is 1. The van der Waals surface area contributed by atoms with Crippen LogP contribution in [-0.4, -0.2) is 55.4 Å². The molecule has 0 bridgehead atoms. The molecule has 0 atom stereocenters. The minimum Gasteiger partial charge on any atom is -0.497 e. The normalized spacial score (nSPS) is 12.1.